The second kappa shape index (κ2) is 9.67. The van der Waals surface area contributed by atoms with E-state index < -0.39 is 11.9 Å². The number of carbonyl (C=O) groups excluding carboxylic acids is 3. The number of rotatable bonds is 6. The summed E-state index contributed by atoms with van der Waals surface area (Å²) in [6, 6.07) is 17.1. The van der Waals surface area contributed by atoms with Crippen LogP contribution < -0.4 is 9.64 Å². The van der Waals surface area contributed by atoms with Crippen LogP contribution in [0.5, 0.6) is 5.75 Å². The Hall–Kier alpha value is -3.97. The number of anilines is 1. The van der Waals surface area contributed by atoms with Crippen LogP contribution >= 0.6 is 11.6 Å². The molecule has 7 nitrogen and oxygen atoms in total. The summed E-state index contributed by atoms with van der Waals surface area (Å²) in [7, 11) is 1.31. The zero-order valence-electron chi connectivity index (χ0n) is 17.7. The van der Waals surface area contributed by atoms with Gasteiger partial charge in [0.15, 0.2) is 0 Å². The van der Waals surface area contributed by atoms with Crippen molar-refractivity contribution in [2.45, 2.75) is 13.0 Å². The lowest BCUT2D eigenvalue weighted by Crippen LogP contribution is -2.28. The molecule has 166 valence electrons. The van der Waals surface area contributed by atoms with Crippen LogP contribution in [0.3, 0.4) is 0 Å². The molecule has 4 rings (SSSR count). The first-order valence-corrected chi connectivity index (χ1v) is 10.4. The second-order valence-corrected chi connectivity index (χ2v) is 7.65. The van der Waals surface area contributed by atoms with Crippen molar-refractivity contribution in [3.8, 4) is 5.75 Å². The number of carbonyl (C=O) groups is 3. The molecule has 0 atom stereocenters. The fraction of sp³-hybridized carbons (Fsp3) is 0.120. The molecule has 3 aromatic rings. The van der Waals surface area contributed by atoms with Gasteiger partial charge in [-0.3, -0.25) is 14.6 Å². The van der Waals surface area contributed by atoms with E-state index in [2.05, 4.69) is 9.72 Å². The van der Waals surface area contributed by atoms with Gasteiger partial charge in [0.25, 0.3) is 5.91 Å². The van der Waals surface area contributed by atoms with Gasteiger partial charge in [-0.25, -0.2) is 9.69 Å². The Bertz CT molecular complexity index is 1250. The van der Waals surface area contributed by atoms with Crippen LogP contribution in [0.25, 0.3) is 6.08 Å². The van der Waals surface area contributed by atoms with E-state index in [9.17, 15) is 14.4 Å². The summed E-state index contributed by atoms with van der Waals surface area (Å²) in [5.41, 5.74) is 2.42. The highest BCUT2D eigenvalue weighted by atomic mass is 35.5. The molecule has 1 aromatic heterocycles. The topological polar surface area (TPSA) is 85.8 Å². The van der Waals surface area contributed by atoms with Gasteiger partial charge in [0.05, 0.1) is 30.5 Å². The average Bonchev–Trinajstić information content (AvgIpc) is 3.10. The van der Waals surface area contributed by atoms with Crippen LogP contribution in [0.4, 0.5) is 5.69 Å². The Morgan fingerprint density at radius 1 is 1.12 bits per heavy atom. The number of benzene rings is 2. The molecule has 1 aliphatic heterocycles. The lowest BCUT2D eigenvalue weighted by Gasteiger charge is -2.13. The molecule has 2 aromatic carbocycles. The number of hydrogen-bond donors (Lipinski definition) is 0. The molecular formula is C25H19ClN2O5. The van der Waals surface area contributed by atoms with Crippen molar-refractivity contribution < 1.29 is 23.9 Å². The molecule has 1 fully saturated rings. The average molecular weight is 463 g/mol. The first-order valence-electron chi connectivity index (χ1n) is 10.0. The standard InChI is InChI=1S/C25H19ClN2O5/c1-32-25(31)17-9-10-20(27-14-17)15-33-22-8-3-2-5-16(22)11-18-12-23(29)28(24(18)30)21-7-4-6-19(26)13-21/h2-11,13-14H,12,15H2,1H3/b18-11+. The quantitative estimate of drug-likeness (QED) is 0.305. The Labute approximate surface area is 195 Å². The summed E-state index contributed by atoms with van der Waals surface area (Å²) >= 11 is 6.01. The molecule has 1 aliphatic rings. The van der Waals surface area contributed by atoms with E-state index in [0.717, 1.165) is 4.90 Å². The smallest absolute Gasteiger partial charge is 0.339 e. The zero-order chi connectivity index (χ0) is 23.4. The Morgan fingerprint density at radius 2 is 1.94 bits per heavy atom. The van der Waals surface area contributed by atoms with Crippen LogP contribution in [0.1, 0.15) is 28.0 Å². The number of ether oxygens (including phenoxy) is 2. The number of para-hydroxylation sites is 1. The van der Waals surface area contributed by atoms with Gasteiger partial charge >= 0.3 is 5.97 Å². The zero-order valence-corrected chi connectivity index (χ0v) is 18.4. The molecule has 0 radical (unpaired) electrons. The summed E-state index contributed by atoms with van der Waals surface area (Å²) in [6.45, 7) is 0.156. The molecule has 2 amide bonds. The molecule has 2 heterocycles. The summed E-state index contributed by atoms with van der Waals surface area (Å²) in [4.78, 5) is 42.4. The molecule has 1 saturated heterocycles. The number of halogens is 1. The first kappa shape index (κ1) is 22.2. The highest BCUT2D eigenvalue weighted by Gasteiger charge is 2.35. The van der Waals surface area contributed by atoms with E-state index in [1.165, 1.54) is 13.3 Å². The highest BCUT2D eigenvalue weighted by molar-refractivity contribution is 6.32. The molecule has 0 unspecified atom stereocenters. The third-order valence-electron chi connectivity index (χ3n) is 5.01. The number of aromatic nitrogens is 1. The molecule has 8 heteroatoms. The minimum atomic E-state index is -0.463. The van der Waals surface area contributed by atoms with Crippen LogP contribution in [0.15, 0.2) is 72.4 Å². The molecule has 0 aliphatic carbocycles. The van der Waals surface area contributed by atoms with Crippen molar-refractivity contribution in [1.29, 1.82) is 0 Å². The number of esters is 1. The number of amides is 2. The first-order chi connectivity index (χ1) is 16.0. The maximum atomic E-state index is 12.9. The largest absolute Gasteiger partial charge is 0.487 e. The number of nitrogens with zero attached hydrogens (tertiary/aromatic N) is 2. The van der Waals surface area contributed by atoms with Gasteiger partial charge in [-0.2, -0.15) is 0 Å². The summed E-state index contributed by atoms with van der Waals surface area (Å²) < 4.78 is 10.6. The lowest BCUT2D eigenvalue weighted by atomic mass is 10.1. The third-order valence-corrected chi connectivity index (χ3v) is 5.24. The van der Waals surface area contributed by atoms with Crippen molar-refractivity contribution >= 4 is 41.1 Å². The molecule has 33 heavy (non-hydrogen) atoms. The van der Waals surface area contributed by atoms with E-state index >= 15 is 0 Å². The van der Waals surface area contributed by atoms with Crippen LogP contribution in [-0.2, 0) is 20.9 Å². The third kappa shape index (κ3) is 4.94. The van der Waals surface area contributed by atoms with Gasteiger partial charge in [-0.05, 0) is 42.5 Å². The van der Waals surface area contributed by atoms with Gasteiger partial charge < -0.3 is 9.47 Å². The minimum Gasteiger partial charge on any atom is -0.487 e. The molecular weight excluding hydrogens is 444 g/mol. The predicted molar refractivity (Wildman–Crippen MR) is 123 cm³/mol. The van der Waals surface area contributed by atoms with Gasteiger partial charge in [0, 0.05) is 22.4 Å². The van der Waals surface area contributed by atoms with Crippen molar-refractivity contribution in [2.75, 3.05) is 12.0 Å². The molecule has 0 bridgehead atoms. The number of pyridine rings is 1. The monoisotopic (exact) mass is 462 g/mol. The maximum absolute atomic E-state index is 12.9. The predicted octanol–water partition coefficient (Wildman–Crippen LogP) is 4.45. The van der Waals surface area contributed by atoms with Gasteiger partial charge in [-0.15, -0.1) is 0 Å². The molecule has 0 N–H and O–H groups in total. The SMILES string of the molecule is COC(=O)c1ccc(COc2ccccc2/C=C2\CC(=O)N(c3cccc(Cl)c3)C2=O)nc1. The fourth-order valence-corrected chi connectivity index (χ4v) is 3.57. The lowest BCUT2D eigenvalue weighted by molar-refractivity contribution is -0.120. The van der Waals surface area contributed by atoms with E-state index in [1.807, 2.05) is 12.1 Å². The molecule has 0 spiro atoms. The van der Waals surface area contributed by atoms with Crippen molar-refractivity contribution in [1.82, 2.24) is 4.98 Å². The van der Waals surface area contributed by atoms with Crippen LogP contribution in [0.2, 0.25) is 5.02 Å². The Kier molecular flexibility index (Phi) is 6.51. The van der Waals surface area contributed by atoms with E-state index in [0.29, 0.717) is 38.9 Å². The minimum absolute atomic E-state index is 0.0176. The number of imide groups is 1. The maximum Gasteiger partial charge on any atom is 0.339 e. The summed E-state index contributed by atoms with van der Waals surface area (Å²) in [6.07, 6.45) is 3.07. The summed E-state index contributed by atoms with van der Waals surface area (Å²) in [5.74, 6) is -0.640. The summed E-state index contributed by atoms with van der Waals surface area (Å²) in [5, 5.41) is 0.442. The Balaban J connectivity index is 1.52. The van der Waals surface area contributed by atoms with E-state index in [4.69, 9.17) is 16.3 Å². The van der Waals surface area contributed by atoms with Gasteiger partial charge in [-0.1, -0.05) is 35.9 Å². The normalized spacial score (nSPS) is 14.6. The highest BCUT2D eigenvalue weighted by Crippen LogP contribution is 2.31. The molecule has 0 saturated carbocycles. The van der Waals surface area contributed by atoms with Gasteiger partial charge in [0.1, 0.15) is 12.4 Å². The van der Waals surface area contributed by atoms with Gasteiger partial charge in [0.2, 0.25) is 5.91 Å². The number of hydrogen-bond acceptors (Lipinski definition) is 6. The second-order valence-electron chi connectivity index (χ2n) is 7.22. The van der Waals surface area contributed by atoms with Crippen LogP contribution in [0, 0.1) is 0 Å². The van der Waals surface area contributed by atoms with E-state index in [1.54, 1.807) is 54.6 Å². The Morgan fingerprint density at radius 3 is 2.67 bits per heavy atom. The number of methoxy groups -OCH3 is 1. The van der Waals surface area contributed by atoms with E-state index in [-0.39, 0.29) is 18.9 Å². The fourth-order valence-electron chi connectivity index (χ4n) is 3.38. The van der Waals surface area contributed by atoms with Crippen LogP contribution in [-0.4, -0.2) is 29.9 Å². The van der Waals surface area contributed by atoms with Crippen molar-refractivity contribution in [2.24, 2.45) is 0 Å². The van der Waals surface area contributed by atoms with Crippen molar-refractivity contribution in [3.05, 3.63) is 94.3 Å². The van der Waals surface area contributed by atoms with Crippen molar-refractivity contribution in [3.63, 3.8) is 0 Å².